The summed E-state index contributed by atoms with van der Waals surface area (Å²) in [6.07, 6.45) is 0. The number of hydrogen-bond acceptors (Lipinski definition) is 5. The highest BCUT2D eigenvalue weighted by Gasteiger charge is 2.22. The number of thioether (sulfide) groups is 1. The molecule has 0 unspecified atom stereocenters. The Morgan fingerprint density at radius 1 is 1.15 bits per heavy atom. The average molecular weight is 375 g/mol. The van der Waals surface area contributed by atoms with Gasteiger partial charge in [-0.25, -0.2) is 0 Å². The third kappa shape index (κ3) is 4.22. The van der Waals surface area contributed by atoms with Crippen molar-refractivity contribution in [1.82, 2.24) is 9.80 Å². The summed E-state index contributed by atoms with van der Waals surface area (Å²) in [7, 11) is 2.06. The lowest BCUT2D eigenvalue weighted by Gasteiger charge is -2.32. The van der Waals surface area contributed by atoms with Gasteiger partial charge in [0.15, 0.2) is 0 Å². The van der Waals surface area contributed by atoms with Crippen LogP contribution < -0.4 is 5.32 Å². The maximum atomic E-state index is 12.8. The van der Waals surface area contributed by atoms with Gasteiger partial charge < -0.3 is 19.9 Å². The van der Waals surface area contributed by atoms with E-state index in [0.717, 1.165) is 37.5 Å². The topological polar surface area (TPSA) is 61.9 Å². The molecule has 1 fully saturated rings. The predicted molar refractivity (Wildman–Crippen MR) is 104 cm³/mol. The van der Waals surface area contributed by atoms with Crippen LogP contribution >= 0.6 is 11.8 Å². The Hall–Kier alpha value is -1.99. The van der Waals surface area contributed by atoms with E-state index < -0.39 is 0 Å². The third-order valence-electron chi connectivity index (χ3n) is 4.70. The van der Waals surface area contributed by atoms with Crippen LogP contribution in [0, 0.1) is 6.92 Å². The van der Waals surface area contributed by atoms with Crippen LogP contribution in [0.2, 0.25) is 0 Å². The largest absolute Gasteiger partial charge is 0.496 e. The van der Waals surface area contributed by atoms with Crippen LogP contribution in [0.3, 0.4) is 0 Å². The van der Waals surface area contributed by atoms with Crippen LogP contribution in [-0.4, -0.2) is 67.2 Å². The number of anilines is 1. The molecule has 2 heterocycles. The molecule has 7 heteroatoms. The molecule has 0 spiro atoms. The van der Waals surface area contributed by atoms with E-state index in [0.29, 0.717) is 28.5 Å². The predicted octanol–water partition coefficient (Wildman–Crippen LogP) is 2.32. The van der Waals surface area contributed by atoms with Crippen molar-refractivity contribution in [3.8, 4) is 0 Å². The zero-order valence-electron chi connectivity index (χ0n) is 15.5. The molecule has 0 aromatic heterocycles. The molecule has 6 nitrogen and oxygen atoms in total. The lowest BCUT2D eigenvalue weighted by atomic mass is 10.1. The molecule has 3 rings (SSSR count). The van der Waals surface area contributed by atoms with Crippen LogP contribution in [0.15, 0.2) is 28.9 Å². The molecule has 1 aromatic rings. The lowest BCUT2D eigenvalue weighted by molar-refractivity contribution is -0.112. The first-order valence-electron chi connectivity index (χ1n) is 8.82. The molecule has 0 aliphatic carbocycles. The minimum Gasteiger partial charge on any atom is -0.496 e. The Kier molecular flexibility index (Phi) is 5.88. The number of ether oxygens (including phenoxy) is 1. The van der Waals surface area contributed by atoms with Crippen molar-refractivity contribution >= 4 is 29.3 Å². The highest BCUT2D eigenvalue weighted by atomic mass is 32.2. The van der Waals surface area contributed by atoms with Crippen LogP contribution in [0.5, 0.6) is 0 Å². The Balaban J connectivity index is 1.75. The van der Waals surface area contributed by atoms with E-state index in [9.17, 15) is 9.59 Å². The summed E-state index contributed by atoms with van der Waals surface area (Å²) in [4.78, 5) is 30.0. The minimum atomic E-state index is -0.181. The number of piperazine rings is 1. The number of benzene rings is 1. The summed E-state index contributed by atoms with van der Waals surface area (Å²) in [6, 6.07) is 5.48. The Morgan fingerprint density at radius 2 is 1.88 bits per heavy atom. The lowest BCUT2D eigenvalue weighted by Crippen LogP contribution is -2.47. The first-order valence-corrected chi connectivity index (χ1v) is 9.80. The molecule has 0 saturated carbocycles. The fourth-order valence-corrected chi connectivity index (χ4v) is 3.81. The third-order valence-corrected chi connectivity index (χ3v) is 5.83. The molecule has 0 radical (unpaired) electrons. The van der Waals surface area contributed by atoms with Crippen molar-refractivity contribution in [1.29, 1.82) is 0 Å². The van der Waals surface area contributed by atoms with E-state index in [-0.39, 0.29) is 11.8 Å². The SMILES string of the molecule is CC1=C(C(=O)Nc2cc(C(=O)N3CCN(C)CC3)ccc2C)SCCO1. The van der Waals surface area contributed by atoms with E-state index >= 15 is 0 Å². The molecule has 0 bridgehead atoms. The van der Waals surface area contributed by atoms with Crippen molar-refractivity contribution in [2.24, 2.45) is 0 Å². The Labute approximate surface area is 158 Å². The Bertz CT molecular complexity index is 740. The number of nitrogens with zero attached hydrogens (tertiary/aromatic N) is 2. The first-order chi connectivity index (χ1) is 12.5. The zero-order valence-corrected chi connectivity index (χ0v) is 16.3. The molecule has 2 amide bonds. The number of rotatable bonds is 3. The molecule has 1 saturated heterocycles. The maximum Gasteiger partial charge on any atom is 0.265 e. The number of carbonyl (C=O) groups is 2. The number of hydrogen-bond donors (Lipinski definition) is 1. The van der Waals surface area contributed by atoms with Crippen molar-refractivity contribution < 1.29 is 14.3 Å². The van der Waals surface area contributed by atoms with Gasteiger partial charge in [-0.15, -0.1) is 11.8 Å². The molecule has 1 aromatic carbocycles. The van der Waals surface area contributed by atoms with Crippen LogP contribution in [0.4, 0.5) is 5.69 Å². The second kappa shape index (κ2) is 8.14. The number of likely N-dealkylation sites (N-methyl/N-ethyl adjacent to an activating group) is 1. The van der Waals surface area contributed by atoms with Crippen molar-refractivity contribution in [2.45, 2.75) is 13.8 Å². The van der Waals surface area contributed by atoms with Crippen molar-refractivity contribution in [2.75, 3.05) is 50.9 Å². The van der Waals surface area contributed by atoms with Crippen molar-refractivity contribution in [3.63, 3.8) is 0 Å². The second-order valence-corrected chi connectivity index (χ2v) is 7.77. The molecule has 2 aliphatic rings. The number of nitrogens with one attached hydrogen (secondary N) is 1. The van der Waals surface area contributed by atoms with Gasteiger partial charge in [0.2, 0.25) is 0 Å². The molecule has 2 aliphatic heterocycles. The fraction of sp³-hybridized carbons (Fsp3) is 0.474. The van der Waals surface area contributed by atoms with Crippen LogP contribution in [0.1, 0.15) is 22.8 Å². The van der Waals surface area contributed by atoms with Gasteiger partial charge >= 0.3 is 0 Å². The van der Waals surface area contributed by atoms with E-state index in [4.69, 9.17) is 4.74 Å². The van der Waals surface area contributed by atoms with E-state index in [1.807, 2.05) is 24.0 Å². The quantitative estimate of drug-likeness (QED) is 0.879. The van der Waals surface area contributed by atoms with Gasteiger partial charge in [-0.2, -0.15) is 0 Å². The number of amides is 2. The highest BCUT2D eigenvalue weighted by molar-refractivity contribution is 8.04. The van der Waals surface area contributed by atoms with Gasteiger partial charge in [0.25, 0.3) is 11.8 Å². The standard InChI is InChI=1S/C19H25N3O3S/c1-13-4-5-15(19(24)22-8-6-21(3)7-9-22)12-16(13)20-18(23)17-14(2)25-10-11-26-17/h4-5,12H,6-11H2,1-3H3,(H,20,23). The smallest absolute Gasteiger partial charge is 0.265 e. The van der Waals surface area contributed by atoms with E-state index in [1.165, 1.54) is 11.8 Å². The van der Waals surface area contributed by atoms with Gasteiger partial charge in [-0.1, -0.05) is 6.07 Å². The van der Waals surface area contributed by atoms with Gasteiger partial charge in [-0.05, 0) is 38.6 Å². The molecular weight excluding hydrogens is 350 g/mol. The zero-order chi connectivity index (χ0) is 18.7. The fourth-order valence-electron chi connectivity index (χ4n) is 2.99. The maximum absolute atomic E-state index is 12.8. The van der Waals surface area contributed by atoms with E-state index in [1.54, 1.807) is 13.0 Å². The van der Waals surface area contributed by atoms with Gasteiger partial charge in [-0.3, -0.25) is 9.59 Å². The number of aryl methyl sites for hydroxylation is 1. The normalized spacial score (nSPS) is 18.5. The number of carbonyl (C=O) groups excluding carboxylic acids is 2. The van der Waals surface area contributed by atoms with Gasteiger partial charge in [0.1, 0.15) is 10.7 Å². The molecular formula is C19H25N3O3S. The first kappa shape index (κ1) is 18.8. The van der Waals surface area contributed by atoms with Gasteiger partial charge in [0.05, 0.1) is 6.61 Å². The monoisotopic (exact) mass is 375 g/mol. The van der Waals surface area contributed by atoms with Crippen LogP contribution in [0.25, 0.3) is 0 Å². The van der Waals surface area contributed by atoms with Crippen molar-refractivity contribution in [3.05, 3.63) is 40.0 Å². The summed E-state index contributed by atoms with van der Waals surface area (Å²) in [5.74, 6) is 1.25. The molecule has 26 heavy (non-hydrogen) atoms. The summed E-state index contributed by atoms with van der Waals surface area (Å²) >= 11 is 1.50. The summed E-state index contributed by atoms with van der Waals surface area (Å²) < 4.78 is 5.46. The summed E-state index contributed by atoms with van der Waals surface area (Å²) in [6.45, 7) is 7.57. The second-order valence-electron chi connectivity index (χ2n) is 6.66. The highest BCUT2D eigenvalue weighted by Crippen LogP contribution is 2.27. The minimum absolute atomic E-state index is 0.0133. The van der Waals surface area contributed by atoms with Crippen LogP contribution in [-0.2, 0) is 9.53 Å². The Morgan fingerprint density at radius 3 is 2.58 bits per heavy atom. The molecule has 1 N–H and O–H groups in total. The van der Waals surface area contributed by atoms with E-state index in [2.05, 4.69) is 17.3 Å². The molecule has 140 valence electrons. The molecule has 0 atom stereocenters. The number of allylic oxidation sites excluding steroid dienone is 1. The average Bonchev–Trinajstić information content (AvgIpc) is 2.64. The van der Waals surface area contributed by atoms with Gasteiger partial charge in [0, 0.05) is 43.2 Å². The summed E-state index contributed by atoms with van der Waals surface area (Å²) in [5, 5.41) is 2.94. The summed E-state index contributed by atoms with van der Waals surface area (Å²) in [5.41, 5.74) is 2.20.